The highest BCUT2D eigenvalue weighted by Gasteiger charge is 2.33. The van der Waals surface area contributed by atoms with Crippen molar-refractivity contribution in [2.45, 2.75) is 31.6 Å². The number of hydrogen-bond donors (Lipinski definition) is 0. The summed E-state index contributed by atoms with van der Waals surface area (Å²) >= 11 is 0. The molecule has 0 unspecified atom stereocenters. The van der Waals surface area contributed by atoms with Crippen molar-refractivity contribution in [1.82, 2.24) is 24.4 Å². The molecule has 7 nitrogen and oxygen atoms in total. The number of aromatic nitrogens is 4. The molecule has 0 amide bonds. The Labute approximate surface area is 154 Å². The molecule has 0 bridgehead atoms. The minimum atomic E-state index is -0.808. The Bertz CT molecular complexity index is 676. The summed E-state index contributed by atoms with van der Waals surface area (Å²) in [5.74, 6) is 1.46. The van der Waals surface area contributed by atoms with Crippen LogP contribution in [0.5, 0.6) is 0 Å². The highest BCUT2D eigenvalue weighted by molar-refractivity contribution is 5.45. The molecule has 26 heavy (non-hydrogen) atoms. The van der Waals surface area contributed by atoms with Crippen molar-refractivity contribution in [3.05, 3.63) is 31.0 Å². The predicted molar refractivity (Wildman–Crippen MR) is 101 cm³/mol. The van der Waals surface area contributed by atoms with E-state index in [2.05, 4.69) is 36.4 Å². The molecule has 0 radical (unpaired) electrons. The van der Waals surface area contributed by atoms with Gasteiger partial charge in [-0.2, -0.15) is 4.98 Å². The average molecular weight is 361 g/mol. The highest BCUT2D eigenvalue weighted by atomic mass is 19.1. The van der Waals surface area contributed by atoms with Crippen molar-refractivity contribution < 1.29 is 4.39 Å². The quantitative estimate of drug-likeness (QED) is 0.713. The van der Waals surface area contributed by atoms with Gasteiger partial charge < -0.3 is 19.3 Å². The standard InChI is InChI=1S/C18H28FN7/c1-23(2)18-21-6-5-17(22-18)26-12-15(19)11-16(26)13-24(3)8-4-9-25-10-7-20-14-25/h5-7,10,14-16H,4,8-9,11-13H2,1-3H3/t15-,16-/m0/s1. The maximum atomic E-state index is 14.1. The molecule has 3 heterocycles. The first-order valence-electron chi connectivity index (χ1n) is 9.08. The Morgan fingerprint density at radius 1 is 1.27 bits per heavy atom. The normalized spacial score (nSPS) is 20.1. The summed E-state index contributed by atoms with van der Waals surface area (Å²) in [6, 6.07) is 2.00. The van der Waals surface area contributed by atoms with Crippen LogP contribution in [0, 0.1) is 0 Å². The maximum absolute atomic E-state index is 14.1. The van der Waals surface area contributed by atoms with E-state index >= 15 is 0 Å². The van der Waals surface area contributed by atoms with E-state index in [4.69, 9.17) is 0 Å². The Morgan fingerprint density at radius 3 is 2.85 bits per heavy atom. The summed E-state index contributed by atoms with van der Waals surface area (Å²) < 4.78 is 16.2. The largest absolute Gasteiger partial charge is 0.349 e. The number of nitrogens with zero attached hydrogens (tertiary/aromatic N) is 7. The smallest absolute Gasteiger partial charge is 0.226 e. The van der Waals surface area contributed by atoms with Crippen molar-refractivity contribution in [3.8, 4) is 0 Å². The lowest BCUT2D eigenvalue weighted by Crippen LogP contribution is -2.40. The number of imidazole rings is 1. The van der Waals surface area contributed by atoms with Crippen LogP contribution in [0.1, 0.15) is 12.8 Å². The van der Waals surface area contributed by atoms with Crippen molar-refractivity contribution in [1.29, 1.82) is 0 Å². The molecule has 2 aromatic heterocycles. The molecule has 2 aromatic rings. The van der Waals surface area contributed by atoms with Crippen LogP contribution in [0.4, 0.5) is 16.2 Å². The second kappa shape index (κ2) is 8.44. The molecule has 2 atom stereocenters. The molecule has 8 heteroatoms. The van der Waals surface area contributed by atoms with Crippen LogP contribution in [0.3, 0.4) is 0 Å². The van der Waals surface area contributed by atoms with Crippen LogP contribution < -0.4 is 9.80 Å². The lowest BCUT2D eigenvalue weighted by molar-refractivity contribution is 0.288. The van der Waals surface area contributed by atoms with Gasteiger partial charge in [-0.3, -0.25) is 0 Å². The van der Waals surface area contributed by atoms with E-state index < -0.39 is 6.17 Å². The number of alkyl halides is 1. The second-order valence-electron chi connectivity index (χ2n) is 7.16. The lowest BCUT2D eigenvalue weighted by Gasteiger charge is -2.29. The van der Waals surface area contributed by atoms with Gasteiger partial charge >= 0.3 is 0 Å². The number of rotatable bonds is 8. The Morgan fingerprint density at radius 2 is 2.12 bits per heavy atom. The summed E-state index contributed by atoms with van der Waals surface area (Å²) in [5.41, 5.74) is 0. The van der Waals surface area contributed by atoms with E-state index in [1.54, 1.807) is 12.4 Å². The predicted octanol–water partition coefficient (Wildman–Crippen LogP) is 1.68. The van der Waals surface area contributed by atoms with Gasteiger partial charge in [0.25, 0.3) is 0 Å². The zero-order chi connectivity index (χ0) is 18.5. The molecule has 1 aliphatic rings. The van der Waals surface area contributed by atoms with Gasteiger partial charge in [-0.15, -0.1) is 0 Å². The summed E-state index contributed by atoms with van der Waals surface area (Å²) in [4.78, 5) is 19.1. The topological polar surface area (TPSA) is 53.3 Å². The summed E-state index contributed by atoms with van der Waals surface area (Å²) in [7, 11) is 5.92. The van der Waals surface area contributed by atoms with E-state index in [9.17, 15) is 4.39 Å². The molecule has 1 fully saturated rings. The van der Waals surface area contributed by atoms with E-state index in [-0.39, 0.29) is 6.04 Å². The highest BCUT2D eigenvalue weighted by Crippen LogP contribution is 2.27. The number of anilines is 2. The molecule has 0 aromatic carbocycles. The van der Waals surface area contributed by atoms with Crippen molar-refractivity contribution in [2.24, 2.45) is 0 Å². The molecule has 0 aliphatic carbocycles. The molecule has 1 saturated heterocycles. The fraction of sp³-hybridized carbons (Fsp3) is 0.611. The Kier molecular flexibility index (Phi) is 6.03. The van der Waals surface area contributed by atoms with Gasteiger partial charge in [-0.25, -0.2) is 14.4 Å². The molecule has 3 rings (SSSR count). The molecule has 142 valence electrons. The van der Waals surface area contributed by atoms with Crippen LogP contribution >= 0.6 is 0 Å². The van der Waals surface area contributed by atoms with Crippen molar-refractivity contribution in [2.75, 3.05) is 50.6 Å². The summed E-state index contributed by atoms with van der Waals surface area (Å²) in [5, 5.41) is 0. The third-order valence-electron chi connectivity index (χ3n) is 4.72. The van der Waals surface area contributed by atoms with E-state index in [0.717, 1.165) is 31.9 Å². The van der Waals surface area contributed by atoms with E-state index in [1.165, 1.54) is 0 Å². The fourth-order valence-electron chi connectivity index (χ4n) is 3.42. The van der Waals surface area contributed by atoms with E-state index in [0.29, 0.717) is 18.9 Å². The first-order valence-corrected chi connectivity index (χ1v) is 9.08. The van der Waals surface area contributed by atoms with Crippen LogP contribution in [-0.2, 0) is 6.54 Å². The zero-order valence-corrected chi connectivity index (χ0v) is 15.8. The molecule has 0 N–H and O–H groups in total. The zero-order valence-electron chi connectivity index (χ0n) is 15.8. The fourth-order valence-corrected chi connectivity index (χ4v) is 3.42. The minimum absolute atomic E-state index is 0.133. The SMILES string of the molecule is CN(CCCn1ccnc1)C[C@@H]1C[C@H](F)CN1c1ccnc(N(C)C)n1. The minimum Gasteiger partial charge on any atom is -0.349 e. The van der Waals surface area contributed by atoms with Gasteiger partial charge in [0.2, 0.25) is 5.95 Å². The third-order valence-corrected chi connectivity index (χ3v) is 4.72. The van der Waals surface area contributed by atoms with Crippen LogP contribution in [0.15, 0.2) is 31.0 Å². The van der Waals surface area contributed by atoms with Crippen molar-refractivity contribution in [3.63, 3.8) is 0 Å². The Hall–Kier alpha value is -2.22. The first kappa shape index (κ1) is 18.6. The average Bonchev–Trinajstić information content (AvgIpc) is 3.24. The van der Waals surface area contributed by atoms with Crippen LogP contribution in [-0.4, -0.2) is 77.4 Å². The maximum Gasteiger partial charge on any atom is 0.226 e. The number of likely N-dealkylation sites (N-methyl/N-ethyl adjacent to an activating group) is 1. The molecule has 1 aliphatic heterocycles. The monoisotopic (exact) mass is 361 g/mol. The van der Waals surface area contributed by atoms with Crippen LogP contribution in [0.2, 0.25) is 0 Å². The number of aryl methyl sites for hydroxylation is 1. The van der Waals surface area contributed by atoms with Crippen molar-refractivity contribution >= 4 is 11.8 Å². The molecule has 0 saturated carbocycles. The molecular weight excluding hydrogens is 333 g/mol. The van der Waals surface area contributed by atoms with Gasteiger partial charge in [0, 0.05) is 58.2 Å². The number of halogens is 1. The van der Waals surface area contributed by atoms with Gasteiger partial charge in [0.15, 0.2) is 0 Å². The lowest BCUT2D eigenvalue weighted by atomic mass is 10.2. The second-order valence-corrected chi connectivity index (χ2v) is 7.16. The summed E-state index contributed by atoms with van der Waals surface area (Å²) in [6.45, 7) is 3.14. The third kappa shape index (κ3) is 4.69. The molecular formula is C18H28FN7. The first-order chi connectivity index (χ1) is 12.5. The van der Waals surface area contributed by atoms with E-state index in [1.807, 2.05) is 37.6 Å². The van der Waals surface area contributed by atoms with Crippen LogP contribution in [0.25, 0.3) is 0 Å². The number of hydrogen-bond acceptors (Lipinski definition) is 6. The molecule has 0 spiro atoms. The van der Waals surface area contributed by atoms with Gasteiger partial charge in [0.1, 0.15) is 12.0 Å². The van der Waals surface area contributed by atoms with Gasteiger partial charge in [0.05, 0.1) is 12.9 Å². The summed E-state index contributed by atoms with van der Waals surface area (Å²) in [6.07, 6.45) is 8.13. The van der Waals surface area contributed by atoms with Gasteiger partial charge in [-0.1, -0.05) is 0 Å². The van der Waals surface area contributed by atoms with Gasteiger partial charge in [-0.05, 0) is 26.1 Å². The Balaban J connectivity index is 1.57.